The van der Waals surface area contributed by atoms with Crippen LogP contribution in [-0.2, 0) is 19.1 Å². The molecule has 0 rings (SSSR count). The Bertz CT molecular complexity index is 323. The van der Waals surface area contributed by atoms with Gasteiger partial charge in [-0.15, -0.1) is 0 Å². The van der Waals surface area contributed by atoms with E-state index >= 15 is 0 Å². The predicted molar refractivity (Wildman–Crippen MR) is 93.2 cm³/mol. The Balaban J connectivity index is 3.38. The van der Waals surface area contributed by atoms with Gasteiger partial charge in [0, 0.05) is 12.8 Å². The van der Waals surface area contributed by atoms with Crippen LogP contribution in [-0.4, -0.2) is 25.2 Å². The first-order chi connectivity index (χ1) is 11.2. The maximum absolute atomic E-state index is 11.5. The van der Waals surface area contributed by atoms with Crippen LogP contribution in [0.5, 0.6) is 0 Å². The second-order valence-electron chi connectivity index (χ2n) is 5.76. The number of rotatable bonds is 15. The number of ether oxygens (including phenoxy) is 2. The zero-order valence-corrected chi connectivity index (χ0v) is 15.0. The molecule has 0 aromatic carbocycles. The maximum Gasteiger partial charge on any atom is 0.305 e. The van der Waals surface area contributed by atoms with Crippen LogP contribution in [0.4, 0.5) is 0 Å². The minimum absolute atomic E-state index is 0.167. The Labute approximate surface area is 141 Å². The molecule has 134 valence electrons. The lowest BCUT2D eigenvalue weighted by atomic mass is 10.2. The fourth-order valence-corrected chi connectivity index (χ4v) is 2.00. The number of hydrogen-bond donors (Lipinski definition) is 0. The molecule has 0 amide bonds. The SMILES string of the molecule is CCCCC/C=C\CCOC(=O)CCCCC(=O)OCCCC. The second-order valence-corrected chi connectivity index (χ2v) is 5.76. The Morgan fingerprint density at radius 2 is 1.26 bits per heavy atom. The Morgan fingerprint density at radius 1 is 0.696 bits per heavy atom. The molecule has 0 spiro atoms. The molecule has 0 saturated heterocycles. The minimum atomic E-state index is -0.177. The van der Waals surface area contributed by atoms with Crippen molar-refractivity contribution in [3.63, 3.8) is 0 Å². The summed E-state index contributed by atoms with van der Waals surface area (Å²) in [5, 5.41) is 0. The largest absolute Gasteiger partial charge is 0.466 e. The van der Waals surface area contributed by atoms with Gasteiger partial charge in [0.05, 0.1) is 13.2 Å². The van der Waals surface area contributed by atoms with Gasteiger partial charge in [0.1, 0.15) is 0 Å². The van der Waals surface area contributed by atoms with E-state index in [2.05, 4.69) is 26.0 Å². The van der Waals surface area contributed by atoms with Crippen molar-refractivity contribution < 1.29 is 19.1 Å². The molecule has 0 fully saturated rings. The van der Waals surface area contributed by atoms with Crippen LogP contribution in [0.3, 0.4) is 0 Å². The quantitative estimate of drug-likeness (QED) is 0.242. The lowest BCUT2D eigenvalue weighted by molar-refractivity contribution is -0.145. The van der Waals surface area contributed by atoms with Crippen molar-refractivity contribution >= 4 is 11.9 Å². The highest BCUT2D eigenvalue weighted by Crippen LogP contribution is 2.04. The summed E-state index contributed by atoms with van der Waals surface area (Å²) < 4.78 is 10.2. The molecular weight excluding hydrogens is 292 g/mol. The van der Waals surface area contributed by atoms with Crippen molar-refractivity contribution in [2.24, 2.45) is 0 Å². The van der Waals surface area contributed by atoms with Crippen molar-refractivity contribution in [1.82, 2.24) is 0 Å². The maximum atomic E-state index is 11.5. The number of esters is 2. The summed E-state index contributed by atoms with van der Waals surface area (Å²) in [6.07, 6.45) is 13.9. The molecule has 0 unspecified atom stereocenters. The first kappa shape index (κ1) is 21.7. The van der Waals surface area contributed by atoms with E-state index in [1.807, 2.05) is 0 Å². The number of allylic oxidation sites excluding steroid dienone is 1. The van der Waals surface area contributed by atoms with E-state index < -0.39 is 0 Å². The van der Waals surface area contributed by atoms with Gasteiger partial charge >= 0.3 is 11.9 Å². The van der Waals surface area contributed by atoms with Crippen LogP contribution in [0, 0.1) is 0 Å². The summed E-state index contributed by atoms with van der Waals surface area (Å²) in [5.41, 5.74) is 0. The summed E-state index contributed by atoms with van der Waals surface area (Å²) in [5.74, 6) is -0.344. The van der Waals surface area contributed by atoms with Crippen LogP contribution >= 0.6 is 0 Å². The van der Waals surface area contributed by atoms with E-state index in [1.54, 1.807) is 0 Å². The normalized spacial score (nSPS) is 10.9. The topological polar surface area (TPSA) is 52.6 Å². The van der Waals surface area contributed by atoms with Crippen LogP contribution in [0.2, 0.25) is 0 Å². The Morgan fingerprint density at radius 3 is 1.87 bits per heavy atom. The molecule has 0 aliphatic carbocycles. The molecule has 0 aromatic heterocycles. The average molecular weight is 326 g/mol. The standard InChI is InChI=1S/C19H34O4/c1-3-5-7-8-9-10-13-17-23-19(21)15-12-11-14-18(20)22-16-6-4-2/h9-10H,3-8,11-17H2,1-2H3/b10-9-. The van der Waals surface area contributed by atoms with Crippen LogP contribution in [0.15, 0.2) is 12.2 Å². The van der Waals surface area contributed by atoms with Crippen LogP contribution in [0.25, 0.3) is 0 Å². The summed E-state index contributed by atoms with van der Waals surface area (Å²) in [6, 6.07) is 0. The van der Waals surface area contributed by atoms with E-state index in [9.17, 15) is 9.59 Å². The first-order valence-corrected chi connectivity index (χ1v) is 9.16. The fraction of sp³-hybridized carbons (Fsp3) is 0.789. The molecule has 0 saturated carbocycles. The van der Waals surface area contributed by atoms with Gasteiger partial charge in [-0.25, -0.2) is 0 Å². The van der Waals surface area contributed by atoms with Crippen molar-refractivity contribution in [2.45, 2.75) is 84.5 Å². The average Bonchev–Trinajstić information content (AvgIpc) is 2.54. The first-order valence-electron chi connectivity index (χ1n) is 9.16. The third-order valence-corrected chi connectivity index (χ3v) is 3.46. The Hall–Kier alpha value is -1.32. The predicted octanol–water partition coefficient (Wildman–Crippen LogP) is 4.96. The molecule has 0 aromatic rings. The summed E-state index contributed by atoms with van der Waals surface area (Å²) in [6.45, 7) is 5.20. The van der Waals surface area contributed by atoms with Crippen molar-refractivity contribution in [3.05, 3.63) is 12.2 Å². The summed E-state index contributed by atoms with van der Waals surface area (Å²) in [7, 11) is 0. The van der Waals surface area contributed by atoms with Gasteiger partial charge in [-0.3, -0.25) is 9.59 Å². The number of carbonyl (C=O) groups is 2. The lowest BCUT2D eigenvalue weighted by Gasteiger charge is -2.04. The molecule has 0 N–H and O–H groups in total. The van der Waals surface area contributed by atoms with Crippen molar-refractivity contribution in [3.8, 4) is 0 Å². The summed E-state index contributed by atoms with van der Waals surface area (Å²) in [4.78, 5) is 22.9. The zero-order chi connectivity index (χ0) is 17.2. The third-order valence-electron chi connectivity index (χ3n) is 3.46. The molecule has 0 aliphatic heterocycles. The monoisotopic (exact) mass is 326 g/mol. The molecule has 0 heterocycles. The van der Waals surface area contributed by atoms with E-state index in [0.29, 0.717) is 38.9 Å². The molecular formula is C19H34O4. The van der Waals surface area contributed by atoms with Crippen molar-refractivity contribution in [2.75, 3.05) is 13.2 Å². The van der Waals surface area contributed by atoms with E-state index in [1.165, 1.54) is 19.3 Å². The van der Waals surface area contributed by atoms with Gasteiger partial charge in [0.15, 0.2) is 0 Å². The van der Waals surface area contributed by atoms with E-state index in [0.717, 1.165) is 25.7 Å². The molecule has 23 heavy (non-hydrogen) atoms. The molecule has 0 bridgehead atoms. The minimum Gasteiger partial charge on any atom is -0.466 e. The highest BCUT2D eigenvalue weighted by Gasteiger charge is 2.05. The number of unbranched alkanes of at least 4 members (excludes halogenated alkanes) is 5. The van der Waals surface area contributed by atoms with Crippen LogP contribution in [0.1, 0.15) is 84.5 Å². The highest BCUT2D eigenvalue weighted by atomic mass is 16.5. The van der Waals surface area contributed by atoms with Crippen molar-refractivity contribution in [1.29, 1.82) is 0 Å². The molecule has 0 radical (unpaired) electrons. The lowest BCUT2D eigenvalue weighted by Crippen LogP contribution is -2.07. The molecule has 4 heteroatoms. The van der Waals surface area contributed by atoms with Crippen LogP contribution < -0.4 is 0 Å². The third kappa shape index (κ3) is 16.9. The fourth-order valence-electron chi connectivity index (χ4n) is 2.00. The Kier molecular flexibility index (Phi) is 16.1. The molecule has 0 aliphatic rings. The summed E-state index contributed by atoms with van der Waals surface area (Å²) >= 11 is 0. The van der Waals surface area contributed by atoms with Gasteiger partial charge in [-0.05, 0) is 38.5 Å². The number of hydrogen-bond acceptors (Lipinski definition) is 4. The van der Waals surface area contributed by atoms with Gasteiger partial charge in [-0.2, -0.15) is 0 Å². The number of carbonyl (C=O) groups excluding carboxylic acids is 2. The van der Waals surface area contributed by atoms with Gasteiger partial charge < -0.3 is 9.47 Å². The molecule has 4 nitrogen and oxygen atoms in total. The second kappa shape index (κ2) is 17.0. The highest BCUT2D eigenvalue weighted by molar-refractivity contribution is 5.70. The zero-order valence-electron chi connectivity index (χ0n) is 15.0. The van der Waals surface area contributed by atoms with E-state index in [4.69, 9.17) is 9.47 Å². The van der Waals surface area contributed by atoms with Gasteiger partial charge in [-0.1, -0.05) is 45.3 Å². The van der Waals surface area contributed by atoms with Gasteiger partial charge in [0.25, 0.3) is 0 Å². The van der Waals surface area contributed by atoms with E-state index in [-0.39, 0.29) is 11.9 Å². The smallest absolute Gasteiger partial charge is 0.305 e. The van der Waals surface area contributed by atoms with Gasteiger partial charge in [0.2, 0.25) is 0 Å². The molecule has 0 atom stereocenters.